The van der Waals surface area contributed by atoms with E-state index in [-0.39, 0.29) is 0 Å². The van der Waals surface area contributed by atoms with Crippen molar-refractivity contribution in [3.63, 3.8) is 0 Å². The van der Waals surface area contributed by atoms with E-state index in [0.717, 1.165) is 5.57 Å². The van der Waals surface area contributed by atoms with E-state index in [0.29, 0.717) is 0 Å². The van der Waals surface area contributed by atoms with E-state index in [2.05, 4.69) is 94.1 Å². The van der Waals surface area contributed by atoms with Crippen molar-refractivity contribution in [2.24, 2.45) is 0 Å². The highest BCUT2D eigenvalue weighted by Crippen LogP contribution is 2.30. The molecule has 0 saturated carbocycles. The molecule has 0 heterocycles. The normalized spacial score (nSPS) is 10.6. The summed E-state index contributed by atoms with van der Waals surface area (Å²) in [7, 11) is 0. The van der Waals surface area contributed by atoms with Gasteiger partial charge in [0.1, 0.15) is 0 Å². The van der Waals surface area contributed by atoms with E-state index in [1.807, 2.05) is 0 Å². The molecule has 3 aromatic rings. The molecule has 0 amide bonds. The fourth-order valence-electron chi connectivity index (χ4n) is 2.70. The predicted molar refractivity (Wildman–Crippen MR) is 101 cm³/mol. The lowest BCUT2D eigenvalue weighted by Gasteiger charge is -2.11. The summed E-state index contributed by atoms with van der Waals surface area (Å²) in [4.78, 5) is 0. The quantitative estimate of drug-likeness (QED) is 0.506. The Balaban J connectivity index is 2.15. The van der Waals surface area contributed by atoms with Gasteiger partial charge in [0.2, 0.25) is 0 Å². The van der Waals surface area contributed by atoms with Crippen LogP contribution in [0.4, 0.5) is 0 Å². The highest BCUT2D eigenvalue weighted by Gasteiger charge is 2.06. The van der Waals surface area contributed by atoms with Gasteiger partial charge in [-0.05, 0) is 66.8 Å². The van der Waals surface area contributed by atoms with Crippen LogP contribution in [0.25, 0.3) is 27.8 Å². The second-order valence-corrected chi connectivity index (χ2v) is 6.31. The van der Waals surface area contributed by atoms with Crippen molar-refractivity contribution in [1.82, 2.24) is 0 Å². The van der Waals surface area contributed by atoms with Crippen LogP contribution in [0.2, 0.25) is 0 Å². The number of benzene rings is 3. The van der Waals surface area contributed by atoms with E-state index < -0.39 is 0 Å². The summed E-state index contributed by atoms with van der Waals surface area (Å²) < 4.78 is 0. The monoisotopic (exact) mass is 298 g/mol. The maximum Gasteiger partial charge on any atom is -0.0172 e. The molecule has 0 saturated heterocycles. The van der Waals surface area contributed by atoms with Crippen LogP contribution < -0.4 is 0 Å². The van der Waals surface area contributed by atoms with Gasteiger partial charge in [0, 0.05) is 0 Å². The smallest absolute Gasteiger partial charge is 0.0172 e. The van der Waals surface area contributed by atoms with Crippen LogP contribution in [0, 0.1) is 13.8 Å². The van der Waals surface area contributed by atoms with Gasteiger partial charge < -0.3 is 0 Å². The summed E-state index contributed by atoms with van der Waals surface area (Å²) in [5.74, 6) is 0. The Morgan fingerprint density at radius 1 is 0.609 bits per heavy atom. The van der Waals surface area contributed by atoms with Gasteiger partial charge in [-0.3, -0.25) is 0 Å². The Hall–Kier alpha value is -2.60. The fourth-order valence-corrected chi connectivity index (χ4v) is 2.70. The number of allylic oxidation sites excluding steroid dienone is 1. The van der Waals surface area contributed by atoms with Gasteiger partial charge >= 0.3 is 0 Å². The molecular formula is C23H22. The molecule has 0 aliphatic carbocycles. The van der Waals surface area contributed by atoms with E-state index in [4.69, 9.17) is 0 Å². The van der Waals surface area contributed by atoms with Crippen LogP contribution >= 0.6 is 0 Å². The van der Waals surface area contributed by atoms with Crippen molar-refractivity contribution in [3.8, 4) is 22.3 Å². The van der Waals surface area contributed by atoms with Gasteiger partial charge in [-0.1, -0.05) is 71.8 Å². The molecule has 3 aromatic carbocycles. The molecule has 23 heavy (non-hydrogen) atoms. The third-order valence-electron chi connectivity index (χ3n) is 4.20. The van der Waals surface area contributed by atoms with Gasteiger partial charge in [-0.2, -0.15) is 0 Å². The predicted octanol–water partition coefficient (Wildman–Crippen LogP) is 6.67. The lowest BCUT2D eigenvalue weighted by Crippen LogP contribution is -1.87. The largest absolute Gasteiger partial charge is 0.0955 e. The Kier molecular flexibility index (Phi) is 4.16. The first-order valence-corrected chi connectivity index (χ1v) is 7.98. The minimum absolute atomic E-state index is 1.09. The molecule has 0 spiro atoms. The van der Waals surface area contributed by atoms with Crippen molar-refractivity contribution in [3.05, 3.63) is 90.0 Å². The van der Waals surface area contributed by atoms with Crippen molar-refractivity contribution < 1.29 is 0 Å². The summed E-state index contributed by atoms with van der Waals surface area (Å²) in [6.07, 6.45) is 0. The molecule has 0 unspecified atom stereocenters. The Labute approximate surface area is 139 Å². The molecule has 0 N–H and O–H groups in total. The van der Waals surface area contributed by atoms with Crippen LogP contribution in [-0.4, -0.2) is 0 Å². The number of hydrogen-bond donors (Lipinski definition) is 0. The molecule has 0 aliphatic heterocycles. The molecule has 0 bridgehead atoms. The van der Waals surface area contributed by atoms with Gasteiger partial charge in [0.05, 0.1) is 0 Å². The van der Waals surface area contributed by atoms with E-state index >= 15 is 0 Å². The third-order valence-corrected chi connectivity index (χ3v) is 4.20. The number of rotatable bonds is 3. The lowest BCUT2D eigenvalue weighted by atomic mass is 9.93. The van der Waals surface area contributed by atoms with Crippen LogP contribution in [-0.2, 0) is 0 Å². The van der Waals surface area contributed by atoms with Gasteiger partial charge in [0.25, 0.3) is 0 Å². The van der Waals surface area contributed by atoms with Crippen LogP contribution in [0.1, 0.15) is 23.6 Å². The minimum Gasteiger partial charge on any atom is -0.0955 e. The summed E-state index contributed by atoms with van der Waals surface area (Å²) >= 11 is 0. The third kappa shape index (κ3) is 3.43. The molecule has 114 valence electrons. The first kappa shape index (κ1) is 15.3. The van der Waals surface area contributed by atoms with Crippen LogP contribution in [0.5, 0.6) is 0 Å². The van der Waals surface area contributed by atoms with E-state index in [1.54, 1.807) is 0 Å². The Morgan fingerprint density at radius 2 is 1.00 bits per heavy atom. The van der Waals surface area contributed by atoms with Gasteiger partial charge in [0.15, 0.2) is 0 Å². The Bertz CT molecular complexity index is 770. The first-order valence-electron chi connectivity index (χ1n) is 7.98. The van der Waals surface area contributed by atoms with Crippen LogP contribution in [0.3, 0.4) is 0 Å². The van der Waals surface area contributed by atoms with Gasteiger partial charge in [-0.15, -0.1) is 0 Å². The summed E-state index contributed by atoms with van der Waals surface area (Å²) in [5.41, 5.74) is 9.80. The standard InChI is InChI=1S/C23H22/c1-16(2)21-13-22(19-9-5-17(3)6-10-19)15-23(14-21)20-11-7-18(4)8-12-20/h5-15H,1H2,2-4H3. The SMILES string of the molecule is C=C(C)c1cc(-c2ccc(C)cc2)cc(-c2ccc(C)cc2)c1. The highest BCUT2D eigenvalue weighted by molar-refractivity contribution is 5.79. The second kappa shape index (κ2) is 6.26. The number of hydrogen-bond acceptors (Lipinski definition) is 0. The molecule has 3 rings (SSSR count). The topological polar surface area (TPSA) is 0 Å². The molecule has 0 nitrogen and oxygen atoms in total. The maximum atomic E-state index is 4.12. The molecular weight excluding hydrogens is 276 g/mol. The van der Waals surface area contributed by atoms with Crippen molar-refractivity contribution >= 4 is 5.57 Å². The maximum absolute atomic E-state index is 4.12. The summed E-state index contributed by atoms with van der Waals surface area (Å²) in [6, 6.07) is 24.1. The molecule has 0 aliphatic rings. The summed E-state index contributed by atoms with van der Waals surface area (Å²) in [5, 5.41) is 0. The zero-order chi connectivity index (χ0) is 16.4. The minimum atomic E-state index is 1.09. The number of aryl methyl sites for hydroxylation is 2. The average Bonchev–Trinajstić information content (AvgIpc) is 2.55. The summed E-state index contributed by atoms with van der Waals surface area (Å²) in [6.45, 7) is 10.4. The van der Waals surface area contributed by atoms with Crippen molar-refractivity contribution in [2.75, 3.05) is 0 Å². The molecule has 0 fully saturated rings. The lowest BCUT2D eigenvalue weighted by molar-refractivity contribution is 1.45. The van der Waals surface area contributed by atoms with Crippen LogP contribution in [0.15, 0.2) is 73.3 Å². The molecule has 0 heteroatoms. The second-order valence-electron chi connectivity index (χ2n) is 6.31. The zero-order valence-corrected chi connectivity index (χ0v) is 14.1. The van der Waals surface area contributed by atoms with Crippen molar-refractivity contribution in [2.45, 2.75) is 20.8 Å². The molecule has 0 radical (unpaired) electrons. The first-order chi connectivity index (χ1) is 11.0. The van der Waals surface area contributed by atoms with Crippen molar-refractivity contribution in [1.29, 1.82) is 0 Å². The van der Waals surface area contributed by atoms with E-state index in [9.17, 15) is 0 Å². The Morgan fingerprint density at radius 3 is 1.35 bits per heavy atom. The molecule has 0 atom stereocenters. The van der Waals surface area contributed by atoms with E-state index in [1.165, 1.54) is 38.9 Å². The average molecular weight is 298 g/mol. The molecule has 0 aromatic heterocycles. The zero-order valence-electron chi connectivity index (χ0n) is 14.1. The van der Waals surface area contributed by atoms with Gasteiger partial charge in [-0.25, -0.2) is 0 Å². The highest BCUT2D eigenvalue weighted by atomic mass is 14.1. The fraction of sp³-hybridized carbons (Fsp3) is 0.130.